The summed E-state index contributed by atoms with van der Waals surface area (Å²) in [6.07, 6.45) is 0. The van der Waals surface area contributed by atoms with E-state index in [0.717, 1.165) is 11.1 Å². The van der Waals surface area contributed by atoms with E-state index >= 15 is 0 Å². The average molecular weight is 348 g/mol. The first-order valence-corrected chi connectivity index (χ1v) is 8.54. The molecule has 1 aromatic carbocycles. The molecule has 0 spiro atoms. The van der Waals surface area contributed by atoms with Crippen LogP contribution < -0.4 is 20.1 Å². The van der Waals surface area contributed by atoms with Crippen LogP contribution in [0.4, 0.5) is 10.5 Å². The van der Waals surface area contributed by atoms with Gasteiger partial charge in [0.25, 0.3) is 0 Å². The van der Waals surface area contributed by atoms with E-state index in [1.165, 1.54) is 9.75 Å². The molecular weight excluding hydrogens is 324 g/mol. The fourth-order valence-electron chi connectivity index (χ4n) is 2.63. The molecule has 0 saturated carbocycles. The standard InChI is InChI=1S/C18H24N2O3S/c1-10-7-16(22-5)17(23-6)9-15(10)20-18(21)19-12(3)14-8-11(2)24-13(14)4/h7-9,12H,1-6H3,(H2,19,20,21). The summed E-state index contributed by atoms with van der Waals surface area (Å²) in [5.41, 5.74) is 2.74. The van der Waals surface area contributed by atoms with E-state index in [-0.39, 0.29) is 12.1 Å². The zero-order chi connectivity index (χ0) is 17.9. The SMILES string of the molecule is COc1cc(C)c(NC(=O)NC(C)c2cc(C)sc2C)cc1OC. The van der Waals surface area contributed by atoms with E-state index in [9.17, 15) is 4.79 Å². The average Bonchev–Trinajstić information content (AvgIpc) is 2.87. The summed E-state index contributed by atoms with van der Waals surface area (Å²) >= 11 is 1.74. The number of methoxy groups -OCH3 is 2. The Bertz CT molecular complexity index is 740. The van der Waals surface area contributed by atoms with Crippen LogP contribution >= 0.6 is 11.3 Å². The first-order chi connectivity index (χ1) is 11.3. The number of aryl methyl sites for hydroxylation is 3. The van der Waals surface area contributed by atoms with E-state index in [4.69, 9.17) is 9.47 Å². The molecule has 1 heterocycles. The van der Waals surface area contributed by atoms with Gasteiger partial charge in [-0.25, -0.2) is 4.79 Å². The third-order valence-corrected chi connectivity index (χ3v) is 4.85. The number of carbonyl (C=O) groups is 1. The van der Waals surface area contributed by atoms with E-state index < -0.39 is 0 Å². The van der Waals surface area contributed by atoms with Crippen molar-refractivity contribution in [3.8, 4) is 11.5 Å². The summed E-state index contributed by atoms with van der Waals surface area (Å²) in [5, 5.41) is 5.86. The maximum absolute atomic E-state index is 12.3. The largest absolute Gasteiger partial charge is 0.493 e. The minimum Gasteiger partial charge on any atom is -0.493 e. The van der Waals surface area contributed by atoms with Crippen LogP contribution in [0.1, 0.15) is 33.8 Å². The van der Waals surface area contributed by atoms with Crippen LogP contribution in [-0.4, -0.2) is 20.3 Å². The highest BCUT2D eigenvalue weighted by atomic mass is 32.1. The van der Waals surface area contributed by atoms with Crippen LogP contribution in [0.15, 0.2) is 18.2 Å². The lowest BCUT2D eigenvalue weighted by molar-refractivity contribution is 0.249. The Morgan fingerprint density at radius 1 is 1.08 bits per heavy atom. The Balaban J connectivity index is 2.11. The van der Waals surface area contributed by atoms with Gasteiger partial charge in [-0.1, -0.05) is 0 Å². The molecule has 0 fully saturated rings. The van der Waals surface area contributed by atoms with E-state index in [0.29, 0.717) is 17.2 Å². The molecule has 2 N–H and O–H groups in total. The fraction of sp³-hybridized carbons (Fsp3) is 0.389. The number of amides is 2. The Morgan fingerprint density at radius 2 is 1.71 bits per heavy atom. The number of hydrogen-bond acceptors (Lipinski definition) is 4. The molecule has 2 amide bonds. The summed E-state index contributed by atoms with van der Waals surface area (Å²) < 4.78 is 10.5. The number of benzene rings is 1. The molecule has 24 heavy (non-hydrogen) atoms. The summed E-state index contributed by atoms with van der Waals surface area (Å²) in [7, 11) is 3.16. The summed E-state index contributed by atoms with van der Waals surface area (Å²) in [6, 6.07) is 5.41. The smallest absolute Gasteiger partial charge is 0.319 e. The summed E-state index contributed by atoms with van der Waals surface area (Å²) in [4.78, 5) is 14.8. The molecule has 0 radical (unpaired) electrons. The highest BCUT2D eigenvalue weighted by Crippen LogP contribution is 2.33. The number of rotatable bonds is 5. The molecule has 0 aliphatic rings. The first-order valence-electron chi connectivity index (χ1n) is 7.72. The number of hydrogen-bond donors (Lipinski definition) is 2. The van der Waals surface area contributed by atoms with Gasteiger partial charge in [0, 0.05) is 21.5 Å². The summed E-state index contributed by atoms with van der Waals surface area (Å²) in [5.74, 6) is 1.22. The molecule has 0 aliphatic carbocycles. The Kier molecular flexibility index (Phi) is 5.72. The fourth-order valence-corrected chi connectivity index (χ4v) is 3.65. The molecule has 2 aromatic rings. The molecular formula is C18H24N2O3S. The van der Waals surface area contributed by atoms with Gasteiger partial charge >= 0.3 is 6.03 Å². The molecule has 130 valence electrons. The van der Waals surface area contributed by atoms with Gasteiger partial charge in [0.15, 0.2) is 11.5 Å². The van der Waals surface area contributed by atoms with Gasteiger partial charge in [0.2, 0.25) is 0 Å². The minimum atomic E-state index is -0.249. The minimum absolute atomic E-state index is 0.0598. The van der Waals surface area contributed by atoms with Gasteiger partial charge in [-0.05, 0) is 51.0 Å². The van der Waals surface area contributed by atoms with E-state index in [1.807, 2.05) is 19.9 Å². The van der Waals surface area contributed by atoms with Crippen molar-refractivity contribution >= 4 is 23.1 Å². The van der Waals surface area contributed by atoms with Gasteiger partial charge in [0.1, 0.15) is 0 Å². The lowest BCUT2D eigenvalue weighted by Crippen LogP contribution is -2.31. The predicted molar refractivity (Wildman–Crippen MR) is 98.6 cm³/mol. The second-order valence-corrected chi connectivity index (χ2v) is 7.17. The monoisotopic (exact) mass is 348 g/mol. The maximum atomic E-state index is 12.3. The van der Waals surface area contributed by atoms with Crippen molar-refractivity contribution < 1.29 is 14.3 Å². The molecule has 0 aliphatic heterocycles. The number of anilines is 1. The van der Waals surface area contributed by atoms with Crippen molar-refractivity contribution in [3.05, 3.63) is 39.1 Å². The van der Waals surface area contributed by atoms with Crippen molar-refractivity contribution in [3.63, 3.8) is 0 Å². The van der Waals surface area contributed by atoms with Crippen molar-refractivity contribution in [1.82, 2.24) is 5.32 Å². The molecule has 0 saturated heterocycles. The zero-order valence-corrected chi connectivity index (χ0v) is 15.8. The van der Waals surface area contributed by atoms with Crippen LogP contribution in [0.5, 0.6) is 11.5 Å². The van der Waals surface area contributed by atoms with Crippen molar-refractivity contribution in [2.75, 3.05) is 19.5 Å². The maximum Gasteiger partial charge on any atom is 0.319 e. The number of thiophene rings is 1. The molecule has 1 unspecified atom stereocenters. The number of ether oxygens (including phenoxy) is 2. The van der Waals surface area contributed by atoms with Crippen LogP contribution in [0.25, 0.3) is 0 Å². The third kappa shape index (κ3) is 4.00. The highest BCUT2D eigenvalue weighted by molar-refractivity contribution is 7.12. The number of urea groups is 1. The second kappa shape index (κ2) is 7.57. The summed E-state index contributed by atoms with van der Waals surface area (Å²) in [6.45, 7) is 8.03. The van der Waals surface area contributed by atoms with Gasteiger partial charge in [-0.15, -0.1) is 11.3 Å². The van der Waals surface area contributed by atoms with Crippen molar-refractivity contribution in [2.45, 2.75) is 33.7 Å². The van der Waals surface area contributed by atoms with E-state index in [1.54, 1.807) is 31.6 Å². The lowest BCUT2D eigenvalue weighted by Gasteiger charge is -2.17. The number of carbonyl (C=O) groups excluding carboxylic acids is 1. The van der Waals surface area contributed by atoms with Crippen molar-refractivity contribution in [2.24, 2.45) is 0 Å². The van der Waals surface area contributed by atoms with Gasteiger partial charge in [-0.2, -0.15) is 0 Å². The molecule has 0 bridgehead atoms. The first kappa shape index (κ1) is 18.1. The molecule has 2 rings (SSSR count). The highest BCUT2D eigenvalue weighted by Gasteiger charge is 2.15. The Hall–Kier alpha value is -2.21. The molecule has 5 nitrogen and oxygen atoms in total. The van der Waals surface area contributed by atoms with Gasteiger partial charge in [-0.3, -0.25) is 0 Å². The van der Waals surface area contributed by atoms with Crippen LogP contribution in [0.2, 0.25) is 0 Å². The van der Waals surface area contributed by atoms with Crippen LogP contribution in [0, 0.1) is 20.8 Å². The van der Waals surface area contributed by atoms with Crippen LogP contribution in [-0.2, 0) is 0 Å². The molecule has 6 heteroatoms. The van der Waals surface area contributed by atoms with E-state index in [2.05, 4.69) is 30.5 Å². The van der Waals surface area contributed by atoms with Crippen LogP contribution in [0.3, 0.4) is 0 Å². The van der Waals surface area contributed by atoms with Crippen molar-refractivity contribution in [1.29, 1.82) is 0 Å². The normalized spacial score (nSPS) is 11.8. The quantitative estimate of drug-likeness (QED) is 0.832. The van der Waals surface area contributed by atoms with Gasteiger partial charge < -0.3 is 20.1 Å². The topological polar surface area (TPSA) is 59.6 Å². The third-order valence-electron chi connectivity index (χ3n) is 3.87. The lowest BCUT2D eigenvalue weighted by atomic mass is 10.1. The Morgan fingerprint density at radius 3 is 2.25 bits per heavy atom. The Labute approximate surface area is 147 Å². The second-order valence-electron chi connectivity index (χ2n) is 5.71. The zero-order valence-electron chi connectivity index (χ0n) is 14.9. The molecule has 1 atom stereocenters. The molecule has 1 aromatic heterocycles. The number of nitrogens with one attached hydrogen (secondary N) is 2. The predicted octanol–water partition coefficient (Wildman–Crippen LogP) is 4.57. The van der Waals surface area contributed by atoms with Gasteiger partial charge in [0.05, 0.1) is 20.3 Å².